The van der Waals surface area contributed by atoms with Crippen LogP contribution in [-0.2, 0) is 9.47 Å². The van der Waals surface area contributed by atoms with Crippen molar-refractivity contribution >= 4 is 11.6 Å². The summed E-state index contributed by atoms with van der Waals surface area (Å²) in [6, 6.07) is 0.162. The Kier molecular flexibility index (Phi) is 5.39. The topological polar surface area (TPSA) is 18.5 Å². The molecule has 0 fully saturated rings. The lowest BCUT2D eigenvalue weighted by Crippen LogP contribution is -1.90. The molecule has 1 radical (unpaired) electrons. The lowest BCUT2D eigenvalue weighted by molar-refractivity contribution is 0.00687. The number of hydrogen-bond acceptors (Lipinski definition) is 2. The van der Waals surface area contributed by atoms with Crippen LogP contribution in [0, 0.1) is 7.11 Å². The van der Waals surface area contributed by atoms with Crippen molar-refractivity contribution in [2.24, 2.45) is 0 Å². The van der Waals surface area contributed by atoms with E-state index in [0.29, 0.717) is 0 Å². The highest BCUT2D eigenvalue weighted by atomic mass is 35.5. The Morgan fingerprint density at radius 3 is 2.50 bits per heavy atom. The van der Waals surface area contributed by atoms with Crippen LogP contribution < -0.4 is 0 Å². The van der Waals surface area contributed by atoms with Crippen LogP contribution in [-0.4, -0.2) is 12.9 Å². The molecule has 0 aromatic carbocycles. The minimum absolute atomic E-state index is 0.162. The Morgan fingerprint density at radius 1 is 1.67 bits per heavy atom. The van der Waals surface area contributed by atoms with Gasteiger partial charge in [-0.15, -0.1) is 0 Å². The maximum absolute atomic E-state index is 5.05. The normalized spacial score (nSPS) is 9.00. The molecule has 0 aliphatic carbocycles. The zero-order valence-corrected chi connectivity index (χ0v) is 4.07. The Hall–Kier alpha value is 0.210. The maximum Gasteiger partial charge on any atom is 0.148 e. The first-order chi connectivity index (χ1) is 2.91. The zero-order chi connectivity index (χ0) is 4.83. The van der Waals surface area contributed by atoms with Crippen LogP contribution in [0.3, 0.4) is 0 Å². The number of rotatable bonds is 3. The van der Waals surface area contributed by atoms with E-state index < -0.39 is 0 Å². The summed E-state index contributed by atoms with van der Waals surface area (Å²) in [6.45, 7) is 0.170. The molecule has 0 aliphatic heterocycles. The summed E-state index contributed by atoms with van der Waals surface area (Å²) < 4.78 is 8.69. The predicted molar refractivity (Wildman–Crippen MR) is 23.1 cm³/mol. The van der Waals surface area contributed by atoms with Crippen molar-refractivity contribution in [1.29, 1.82) is 0 Å². The van der Waals surface area contributed by atoms with Crippen molar-refractivity contribution in [3.8, 4) is 0 Å². The average molecular weight is 110 g/mol. The third-order valence-electron chi connectivity index (χ3n) is 0.244. The molecule has 0 unspecified atom stereocenters. The van der Waals surface area contributed by atoms with Gasteiger partial charge in [-0.2, -0.15) is 0 Å². The second-order valence-electron chi connectivity index (χ2n) is 0.635. The molecule has 0 N–H and O–H groups in total. The van der Waals surface area contributed by atoms with E-state index in [9.17, 15) is 0 Å². The van der Waals surface area contributed by atoms with E-state index in [-0.39, 0.29) is 12.9 Å². The van der Waals surface area contributed by atoms with Crippen LogP contribution >= 0.6 is 11.6 Å². The van der Waals surface area contributed by atoms with Gasteiger partial charge in [-0.3, -0.25) is 0 Å². The van der Waals surface area contributed by atoms with Gasteiger partial charge in [0, 0.05) is 0 Å². The summed E-state index contributed by atoms with van der Waals surface area (Å²) >= 11 is 5.05. The summed E-state index contributed by atoms with van der Waals surface area (Å²) in [4.78, 5) is 0. The van der Waals surface area contributed by atoms with Gasteiger partial charge in [-0.1, -0.05) is 11.6 Å². The highest BCUT2D eigenvalue weighted by Gasteiger charge is 1.73. The van der Waals surface area contributed by atoms with Crippen LogP contribution in [0.15, 0.2) is 0 Å². The SMILES string of the molecule is [CH2]OCOCCl. The molecule has 0 spiro atoms. The highest BCUT2D eigenvalue weighted by molar-refractivity contribution is 6.17. The van der Waals surface area contributed by atoms with Crippen molar-refractivity contribution < 1.29 is 9.47 Å². The van der Waals surface area contributed by atoms with E-state index in [0.717, 1.165) is 0 Å². The van der Waals surface area contributed by atoms with Gasteiger partial charge in [-0.25, -0.2) is 0 Å². The molecule has 0 atom stereocenters. The quantitative estimate of drug-likeness (QED) is 0.305. The van der Waals surface area contributed by atoms with Crippen LogP contribution in [0.1, 0.15) is 0 Å². The monoisotopic (exact) mass is 109 g/mol. The molecular weight excluding hydrogens is 103 g/mol. The standard InChI is InChI=1S/C3H6ClO2/c1-5-3-6-2-4/h1-3H2. The summed E-state index contributed by atoms with van der Waals surface area (Å²) in [6.07, 6.45) is 0. The average Bonchev–Trinajstić information content (AvgIpc) is 1.61. The van der Waals surface area contributed by atoms with Crippen molar-refractivity contribution in [3.63, 3.8) is 0 Å². The van der Waals surface area contributed by atoms with E-state index >= 15 is 0 Å². The van der Waals surface area contributed by atoms with E-state index in [4.69, 9.17) is 11.6 Å². The summed E-state index contributed by atoms with van der Waals surface area (Å²) in [7, 11) is 3.04. The molecule has 0 saturated heterocycles. The fraction of sp³-hybridized carbons (Fsp3) is 0.667. The highest BCUT2D eigenvalue weighted by Crippen LogP contribution is 1.77. The Balaban J connectivity index is 2.34. The first kappa shape index (κ1) is 6.21. The smallest absolute Gasteiger partial charge is 0.148 e. The zero-order valence-electron chi connectivity index (χ0n) is 3.32. The molecule has 0 bridgehead atoms. The number of halogens is 1. The molecule has 2 nitrogen and oxygen atoms in total. The minimum Gasteiger partial charge on any atom is -0.353 e. The van der Waals surface area contributed by atoms with E-state index in [1.165, 1.54) is 0 Å². The van der Waals surface area contributed by atoms with Gasteiger partial charge < -0.3 is 9.47 Å². The largest absolute Gasteiger partial charge is 0.353 e. The molecule has 6 heavy (non-hydrogen) atoms. The van der Waals surface area contributed by atoms with Gasteiger partial charge in [0.15, 0.2) is 0 Å². The van der Waals surface area contributed by atoms with Gasteiger partial charge in [0.25, 0.3) is 0 Å². The lowest BCUT2D eigenvalue weighted by Gasteiger charge is -1.91. The Morgan fingerprint density at radius 2 is 2.33 bits per heavy atom. The molecular formula is C3H6ClO2. The van der Waals surface area contributed by atoms with Gasteiger partial charge in [0.2, 0.25) is 0 Å². The fourth-order valence-electron chi connectivity index (χ4n) is 0.0904. The molecule has 0 amide bonds. The van der Waals surface area contributed by atoms with Crippen molar-refractivity contribution in [2.75, 3.05) is 12.9 Å². The maximum atomic E-state index is 5.05. The molecule has 37 valence electrons. The number of hydrogen-bond donors (Lipinski definition) is 0. The second-order valence-corrected chi connectivity index (χ2v) is 0.853. The molecule has 0 aliphatic rings. The molecule has 0 rings (SSSR count). The molecule has 0 heterocycles. The van der Waals surface area contributed by atoms with Gasteiger partial charge >= 0.3 is 0 Å². The minimum atomic E-state index is 0.162. The van der Waals surface area contributed by atoms with Gasteiger partial charge in [0.05, 0.1) is 7.11 Å². The van der Waals surface area contributed by atoms with Crippen LogP contribution in [0.5, 0.6) is 0 Å². The summed E-state index contributed by atoms with van der Waals surface area (Å²) in [5.41, 5.74) is 0. The summed E-state index contributed by atoms with van der Waals surface area (Å²) in [5, 5.41) is 0. The third-order valence-corrected chi connectivity index (χ3v) is 0.398. The van der Waals surface area contributed by atoms with Crippen LogP contribution in [0.2, 0.25) is 0 Å². The first-order valence-corrected chi connectivity index (χ1v) is 1.96. The Labute approximate surface area is 42.0 Å². The van der Waals surface area contributed by atoms with E-state index in [1.54, 1.807) is 0 Å². The van der Waals surface area contributed by atoms with Crippen molar-refractivity contribution in [3.05, 3.63) is 7.11 Å². The van der Waals surface area contributed by atoms with Gasteiger partial charge in [0.1, 0.15) is 12.9 Å². The lowest BCUT2D eigenvalue weighted by atomic mass is 11.4. The number of ether oxygens (including phenoxy) is 2. The Bertz CT molecular complexity index is 20.8. The van der Waals surface area contributed by atoms with E-state index in [1.807, 2.05) is 0 Å². The predicted octanol–water partition coefficient (Wildman–Crippen LogP) is 0.965. The van der Waals surface area contributed by atoms with Crippen molar-refractivity contribution in [2.45, 2.75) is 0 Å². The van der Waals surface area contributed by atoms with Crippen LogP contribution in [0.25, 0.3) is 0 Å². The van der Waals surface area contributed by atoms with Crippen LogP contribution in [0.4, 0.5) is 0 Å². The molecule has 0 aromatic rings. The number of alkyl halides is 1. The van der Waals surface area contributed by atoms with Crippen molar-refractivity contribution in [1.82, 2.24) is 0 Å². The molecule has 3 heteroatoms. The summed E-state index contributed by atoms with van der Waals surface area (Å²) in [5.74, 6) is 0. The molecule has 0 aromatic heterocycles. The second kappa shape index (κ2) is 5.21. The third kappa shape index (κ3) is 4.21. The fourth-order valence-corrected chi connectivity index (χ4v) is 0.153. The van der Waals surface area contributed by atoms with Gasteiger partial charge in [-0.05, 0) is 0 Å². The first-order valence-electron chi connectivity index (χ1n) is 1.42. The molecule has 0 saturated carbocycles. The van der Waals surface area contributed by atoms with E-state index in [2.05, 4.69) is 16.6 Å².